The zero-order chi connectivity index (χ0) is 16.1. The van der Waals surface area contributed by atoms with Gasteiger partial charge in [0, 0.05) is 13.3 Å². The summed E-state index contributed by atoms with van der Waals surface area (Å²) in [7, 11) is 2.92. The van der Waals surface area contributed by atoms with E-state index in [1.54, 1.807) is 13.3 Å². The topological polar surface area (TPSA) is 67.9 Å². The highest BCUT2D eigenvalue weighted by molar-refractivity contribution is 7.93. The minimum Gasteiger partial charge on any atom is -0.466 e. The fraction of sp³-hybridized carbons (Fsp3) is 0.333. The lowest BCUT2D eigenvalue weighted by Gasteiger charge is -2.34. The molecule has 0 radical (unpaired) electrons. The maximum absolute atomic E-state index is 12.3. The van der Waals surface area contributed by atoms with Crippen molar-refractivity contribution in [2.45, 2.75) is 6.04 Å². The first-order valence-electron chi connectivity index (χ1n) is 6.66. The van der Waals surface area contributed by atoms with Gasteiger partial charge in [-0.2, -0.15) is 0 Å². The van der Waals surface area contributed by atoms with Gasteiger partial charge in [0.05, 0.1) is 24.4 Å². The predicted molar refractivity (Wildman–Crippen MR) is 84.0 cm³/mol. The van der Waals surface area contributed by atoms with E-state index in [0.29, 0.717) is 11.3 Å². The van der Waals surface area contributed by atoms with Crippen LogP contribution in [-0.4, -0.2) is 43.9 Å². The number of rotatable bonds is 5. The summed E-state index contributed by atoms with van der Waals surface area (Å²) in [4.78, 5) is 25.8. The highest BCUT2D eigenvalue weighted by Crippen LogP contribution is 2.31. The van der Waals surface area contributed by atoms with Crippen LogP contribution in [0.4, 0.5) is 4.79 Å². The Bertz CT molecular complexity index is 588. The van der Waals surface area contributed by atoms with Gasteiger partial charge in [-0.25, -0.2) is 9.59 Å². The van der Waals surface area contributed by atoms with Gasteiger partial charge in [0.1, 0.15) is 6.61 Å². The van der Waals surface area contributed by atoms with E-state index in [0.717, 1.165) is 5.56 Å². The van der Waals surface area contributed by atoms with E-state index in [-0.39, 0.29) is 12.6 Å². The maximum Gasteiger partial charge on any atom is 0.338 e. The van der Waals surface area contributed by atoms with Crippen molar-refractivity contribution in [3.63, 3.8) is 0 Å². The smallest absolute Gasteiger partial charge is 0.338 e. The second kappa shape index (κ2) is 7.33. The largest absolute Gasteiger partial charge is 0.466 e. The number of amides is 2. The number of nitrogens with zero attached hydrogens (tertiary/aromatic N) is 1. The molecule has 1 N–H and O–H groups in total. The summed E-state index contributed by atoms with van der Waals surface area (Å²) in [6.45, 7) is 0.138. The van der Waals surface area contributed by atoms with E-state index in [9.17, 15) is 9.59 Å². The molecule has 0 saturated heterocycles. The Hall–Kier alpha value is -1.99. The van der Waals surface area contributed by atoms with Gasteiger partial charge in [-0.3, -0.25) is 4.90 Å². The molecule has 0 aliphatic carbocycles. The van der Waals surface area contributed by atoms with Crippen molar-refractivity contribution in [1.82, 2.24) is 10.2 Å². The van der Waals surface area contributed by atoms with E-state index in [1.165, 1.54) is 24.1 Å². The van der Waals surface area contributed by atoms with E-state index >= 15 is 0 Å². The Morgan fingerprint density at radius 3 is 2.64 bits per heavy atom. The van der Waals surface area contributed by atoms with Gasteiger partial charge in [-0.05, 0) is 17.6 Å². The molecule has 0 aromatic heterocycles. The Morgan fingerprint density at radius 2 is 2.05 bits per heavy atom. The number of hydrogen-bond acceptors (Lipinski definition) is 5. The lowest BCUT2D eigenvalue weighted by atomic mass is 9.95. The number of methoxy groups -OCH3 is 1. The summed E-state index contributed by atoms with van der Waals surface area (Å²) in [6.07, 6.45) is 1.77. The van der Waals surface area contributed by atoms with Gasteiger partial charge in [-0.15, -0.1) is 0 Å². The number of esters is 1. The molecule has 1 aliphatic rings. The monoisotopic (exact) mass is 322 g/mol. The first kappa shape index (κ1) is 16.4. The van der Waals surface area contributed by atoms with Gasteiger partial charge in [0.25, 0.3) is 0 Å². The maximum atomic E-state index is 12.3. The predicted octanol–water partition coefficient (Wildman–Crippen LogP) is 2.10. The third-order valence-corrected chi connectivity index (χ3v) is 3.78. The van der Waals surface area contributed by atoms with Crippen LogP contribution in [0.15, 0.2) is 41.6 Å². The number of likely N-dealkylation sites (N-methyl/N-ethyl adjacent to an activating group) is 1. The van der Waals surface area contributed by atoms with Crippen molar-refractivity contribution in [3.05, 3.63) is 47.2 Å². The summed E-state index contributed by atoms with van der Waals surface area (Å²) >= 11 is 1.17. The molecule has 1 aromatic carbocycles. The molecule has 1 heterocycles. The van der Waals surface area contributed by atoms with Crippen molar-refractivity contribution < 1.29 is 18.5 Å². The lowest BCUT2D eigenvalue weighted by molar-refractivity contribution is -0.136. The average molecular weight is 322 g/mol. The number of hydrogen-bond donors (Lipinski definition) is 1. The molecule has 0 spiro atoms. The molecule has 1 atom stereocenters. The molecule has 118 valence electrons. The van der Waals surface area contributed by atoms with Crippen LogP contribution in [0.5, 0.6) is 0 Å². The summed E-state index contributed by atoms with van der Waals surface area (Å²) in [6, 6.07) is 8.44. The molecular formula is C15H18N2O4S. The van der Waals surface area contributed by atoms with Crippen molar-refractivity contribution in [3.8, 4) is 0 Å². The molecule has 0 saturated carbocycles. The second-order valence-corrected chi connectivity index (χ2v) is 5.20. The van der Waals surface area contributed by atoms with Crippen LogP contribution in [0, 0.1) is 0 Å². The summed E-state index contributed by atoms with van der Waals surface area (Å²) < 4.78 is 10.2. The molecule has 6 nitrogen and oxygen atoms in total. The highest BCUT2D eigenvalue weighted by atomic mass is 32.2. The quantitative estimate of drug-likeness (QED) is 0.664. The van der Waals surface area contributed by atoms with Gasteiger partial charge >= 0.3 is 12.0 Å². The van der Waals surface area contributed by atoms with Crippen LogP contribution in [-0.2, 0) is 13.7 Å². The van der Waals surface area contributed by atoms with Crippen LogP contribution in [0.25, 0.3) is 0 Å². The normalized spacial score (nSPS) is 18.2. The SMILES string of the molecule is COC(=O)C1=C(COSC)N(C)C(=O)NC1c1ccccc1. The Balaban J connectivity index is 2.53. The average Bonchev–Trinajstić information content (AvgIpc) is 2.55. The van der Waals surface area contributed by atoms with Crippen molar-refractivity contribution in [2.75, 3.05) is 27.0 Å². The van der Waals surface area contributed by atoms with E-state index in [1.807, 2.05) is 30.3 Å². The van der Waals surface area contributed by atoms with Gasteiger partial charge in [0.15, 0.2) is 0 Å². The fourth-order valence-electron chi connectivity index (χ4n) is 2.29. The molecule has 1 unspecified atom stereocenters. The van der Waals surface area contributed by atoms with Gasteiger partial charge in [0.2, 0.25) is 0 Å². The van der Waals surface area contributed by atoms with Crippen molar-refractivity contribution >= 4 is 24.0 Å². The summed E-state index contributed by atoms with van der Waals surface area (Å²) in [5.41, 5.74) is 1.69. The molecule has 22 heavy (non-hydrogen) atoms. The Labute approximate surface area is 133 Å². The molecule has 0 fully saturated rings. The molecule has 1 aromatic rings. The minimum atomic E-state index is -0.558. The Kier molecular flexibility index (Phi) is 5.46. The van der Waals surface area contributed by atoms with Crippen LogP contribution < -0.4 is 5.32 Å². The number of carbonyl (C=O) groups is 2. The number of carbonyl (C=O) groups excluding carboxylic acids is 2. The van der Waals surface area contributed by atoms with Crippen molar-refractivity contribution in [2.24, 2.45) is 0 Å². The van der Waals surface area contributed by atoms with E-state index < -0.39 is 12.0 Å². The number of ether oxygens (including phenoxy) is 1. The zero-order valence-corrected chi connectivity index (χ0v) is 13.5. The second-order valence-electron chi connectivity index (χ2n) is 4.63. The molecule has 0 bridgehead atoms. The summed E-state index contributed by atoms with van der Waals surface area (Å²) in [5, 5.41) is 2.82. The van der Waals surface area contributed by atoms with E-state index in [4.69, 9.17) is 8.92 Å². The lowest BCUT2D eigenvalue weighted by Crippen LogP contribution is -2.47. The first-order chi connectivity index (χ1) is 10.6. The number of nitrogens with one attached hydrogen (secondary N) is 1. The van der Waals surface area contributed by atoms with Gasteiger partial charge < -0.3 is 14.2 Å². The standard InChI is InChI=1S/C15H18N2O4S/c1-17-11(9-21-22-3)12(14(18)20-2)13(16-15(17)19)10-7-5-4-6-8-10/h4-8,13H,9H2,1-3H3,(H,16,19). The third kappa shape index (κ3) is 3.26. The van der Waals surface area contributed by atoms with Crippen molar-refractivity contribution in [1.29, 1.82) is 0 Å². The van der Waals surface area contributed by atoms with Crippen LogP contribution in [0.2, 0.25) is 0 Å². The van der Waals surface area contributed by atoms with Gasteiger partial charge in [-0.1, -0.05) is 30.3 Å². The highest BCUT2D eigenvalue weighted by Gasteiger charge is 2.36. The molecule has 1 aliphatic heterocycles. The first-order valence-corrected chi connectivity index (χ1v) is 7.81. The summed E-state index contributed by atoms with van der Waals surface area (Å²) in [5.74, 6) is -0.486. The van der Waals surface area contributed by atoms with E-state index in [2.05, 4.69) is 5.32 Å². The number of benzene rings is 1. The molecule has 7 heteroatoms. The molecular weight excluding hydrogens is 304 g/mol. The van der Waals surface area contributed by atoms with Crippen LogP contribution in [0.1, 0.15) is 11.6 Å². The third-order valence-electron chi connectivity index (χ3n) is 3.43. The van der Waals surface area contributed by atoms with Crippen LogP contribution >= 0.6 is 12.0 Å². The number of urea groups is 1. The van der Waals surface area contributed by atoms with Crippen LogP contribution in [0.3, 0.4) is 0 Å². The molecule has 2 rings (SSSR count). The fourth-order valence-corrected chi connectivity index (χ4v) is 2.52. The zero-order valence-electron chi connectivity index (χ0n) is 12.7. The Morgan fingerprint density at radius 1 is 1.36 bits per heavy atom. The minimum absolute atomic E-state index is 0.138. The molecule has 2 amide bonds.